The predicted octanol–water partition coefficient (Wildman–Crippen LogP) is 2.96. The van der Waals surface area contributed by atoms with Crippen molar-refractivity contribution in [1.29, 1.82) is 0 Å². The molecule has 5 nitrogen and oxygen atoms in total. The Bertz CT molecular complexity index is 657. The van der Waals surface area contributed by atoms with Gasteiger partial charge in [0.1, 0.15) is 0 Å². The summed E-state index contributed by atoms with van der Waals surface area (Å²) in [5.74, 6) is 0.123. The van der Waals surface area contributed by atoms with Gasteiger partial charge in [0.2, 0.25) is 0 Å². The van der Waals surface area contributed by atoms with Crippen LogP contribution in [0.5, 0.6) is 0 Å². The van der Waals surface area contributed by atoms with Crippen molar-refractivity contribution < 1.29 is 4.79 Å². The lowest BCUT2D eigenvalue weighted by molar-refractivity contribution is 0.0633. The number of rotatable bonds is 3. The van der Waals surface area contributed by atoms with Gasteiger partial charge in [0.15, 0.2) is 0 Å². The van der Waals surface area contributed by atoms with Crippen LogP contribution in [0.15, 0.2) is 26.7 Å². The molecule has 2 aromatic rings. The average molecular weight is 448 g/mol. The fraction of sp³-hybridized carbons (Fsp3) is 0.429. The van der Waals surface area contributed by atoms with Crippen molar-refractivity contribution in [2.24, 2.45) is 7.05 Å². The maximum absolute atomic E-state index is 12.5. The summed E-state index contributed by atoms with van der Waals surface area (Å²) >= 11 is 8.35. The maximum Gasteiger partial charge on any atom is 0.264 e. The van der Waals surface area contributed by atoms with Gasteiger partial charge in [-0.25, -0.2) is 0 Å². The molecule has 0 N–H and O–H groups in total. The molecule has 1 aliphatic heterocycles. The first-order valence-corrected chi connectivity index (χ1v) is 9.37. The smallest absolute Gasteiger partial charge is 0.264 e. The molecule has 1 fully saturated rings. The van der Waals surface area contributed by atoms with Gasteiger partial charge >= 0.3 is 0 Å². The molecule has 3 rings (SSSR count). The van der Waals surface area contributed by atoms with Gasteiger partial charge in [0.25, 0.3) is 5.91 Å². The highest BCUT2D eigenvalue weighted by Crippen LogP contribution is 2.33. The SMILES string of the molecule is Cn1cc(CN2CCN(C(=O)c3cc(Br)c(Br)s3)CC2)cn1. The summed E-state index contributed by atoms with van der Waals surface area (Å²) in [6.07, 6.45) is 3.94. The first-order chi connectivity index (χ1) is 10.5. The quantitative estimate of drug-likeness (QED) is 0.726. The van der Waals surface area contributed by atoms with Crippen LogP contribution >= 0.6 is 43.2 Å². The van der Waals surface area contributed by atoms with Gasteiger partial charge in [-0.05, 0) is 37.9 Å². The monoisotopic (exact) mass is 446 g/mol. The van der Waals surface area contributed by atoms with E-state index in [1.165, 1.54) is 16.9 Å². The van der Waals surface area contributed by atoms with Crippen molar-refractivity contribution in [3.63, 3.8) is 0 Å². The molecule has 1 saturated heterocycles. The van der Waals surface area contributed by atoms with Crippen LogP contribution in [0.2, 0.25) is 0 Å². The molecule has 0 saturated carbocycles. The standard InChI is InChI=1S/C14H16Br2N4OS/c1-18-8-10(7-17-18)9-19-2-4-20(5-3-19)14(21)12-6-11(15)13(16)22-12/h6-8H,2-5,9H2,1H3. The predicted molar refractivity (Wildman–Crippen MR) is 94.1 cm³/mol. The van der Waals surface area contributed by atoms with E-state index in [1.54, 1.807) is 0 Å². The minimum Gasteiger partial charge on any atom is -0.335 e. The second-order valence-electron chi connectivity index (χ2n) is 5.32. The van der Waals surface area contributed by atoms with Crippen LogP contribution in [0.1, 0.15) is 15.2 Å². The Morgan fingerprint density at radius 1 is 1.32 bits per heavy atom. The molecule has 8 heteroatoms. The van der Waals surface area contributed by atoms with Gasteiger partial charge in [0, 0.05) is 56.0 Å². The van der Waals surface area contributed by atoms with E-state index < -0.39 is 0 Å². The number of hydrogen-bond donors (Lipinski definition) is 0. The summed E-state index contributed by atoms with van der Waals surface area (Å²) in [4.78, 5) is 17.6. The van der Waals surface area contributed by atoms with E-state index in [0.29, 0.717) is 0 Å². The highest BCUT2D eigenvalue weighted by atomic mass is 79.9. The number of amides is 1. The highest BCUT2D eigenvalue weighted by Gasteiger charge is 2.24. The lowest BCUT2D eigenvalue weighted by atomic mass is 10.2. The third-order valence-electron chi connectivity index (χ3n) is 3.68. The van der Waals surface area contributed by atoms with Crippen LogP contribution < -0.4 is 0 Å². The van der Waals surface area contributed by atoms with Gasteiger partial charge < -0.3 is 4.90 Å². The molecular weight excluding hydrogens is 432 g/mol. The van der Waals surface area contributed by atoms with Crippen LogP contribution in [-0.2, 0) is 13.6 Å². The number of halogens is 2. The third-order valence-corrected chi connectivity index (χ3v) is 6.92. The molecule has 1 amide bonds. The van der Waals surface area contributed by atoms with E-state index in [-0.39, 0.29) is 5.91 Å². The third kappa shape index (κ3) is 3.61. The van der Waals surface area contributed by atoms with E-state index in [0.717, 1.165) is 45.9 Å². The van der Waals surface area contributed by atoms with Gasteiger partial charge in [-0.15, -0.1) is 11.3 Å². The van der Waals surface area contributed by atoms with Gasteiger partial charge in [-0.3, -0.25) is 14.4 Å². The zero-order valence-corrected chi connectivity index (χ0v) is 16.1. The number of thiophene rings is 1. The molecule has 0 spiro atoms. The van der Waals surface area contributed by atoms with E-state index in [9.17, 15) is 4.79 Å². The average Bonchev–Trinajstić information content (AvgIpc) is 3.05. The van der Waals surface area contributed by atoms with Crippen LogP contribution in [0, 0.1) is 0 Å². The molecule has 3 heterocycles. The summed E-state index contributed by atoms with van der Waals surface area (Å²) in [5, 5.41) is 4.19. The Hall–Kier alpha value is -0.700. The van der Waals surface area contributed by atoms with Gasteiger partial charge in [0.05, 0.1) is 14.9 Å². The number of carbonyl (C=O) groups is 1. The Balaban J connectivity index is 1.56. The summed E-state index contributed by atoms with van der Waals surface area (Å²) < 4.78 is 3.73. The molecule has 0 radical (unpaired) electrons. The molecule has 22 heavy (non-hydrogen) atoms. The number of carbonyl (C=O) groups excluding carboxylic acids is 1. The summed E-state index contributed by atoms with van der Waals surface area (Å²) in [6, 6.07) is 1.89. The zero-order chi connectivity index (χ0) is 15.7. The Labute approximate surface area is 150 Å². The van der Waals surface area contributed by atoms with Crippen molar-refractivity contribution in [3.05, 3.63) is 37.2 Å². The topological polar surface area (TPSA) is 41.4 Å². The van der Waals surface area contributed by atoms with E-state index in [4.69, 9.17) is 0 Å². The molecule has 0 aliphatic carbocycles. The summed E-state index contributed by atoms with van der Waals surface area (Å²) in [7, 11) is 1.93. The van der Waals surface area contributed by atoms with Crippen LogP contribution in [-0.4, -0.2) is 51.7 Å². The van der Waals surface area contributed by atoms with Gasteiger partial charge in [-0.2, -0.15) is 5.10 Å². The van der Waals surface area contributed by atoms with Crippen LogP contribution in [0.25, 0.3) is 0 Å². The minimum absolute atomic E-state index is 0.123. The fourth-order valence-electron chi connectivity index (χ4n) is 2.53. The summed E-state index contributed by atoms with van der Waals surface area (Å²) in [5.41, 5.74) is 1.22. The van der Waals surface area contributed by atoms with E-state index in [1.807, 2.05) is 35.1 Å². The molecule has 0 unspecified atom stereocenters. The van der Waals surface area contributed by atoms with Crippen molar-refractivity contribution >= 4 is 49.1 Å². The largest absolute Gasteiger partial charge is 0.335 e. The molecule has 0 bridgehead atoms. The molecule has 0 aromatic carbocycles. The summed E-state index contributed by atoms with van der Waals surface area (Å²) in [6.45, 7) is 4.23. The van der Waals surface area contributed by atoms with E-state index >= 15 is 0 Å². The second kappa shape index (κ2) is 6.82. The van der Waals surface area contributed by atoms with Crippen molar-refractivity contribution in [3.8, 4) is 0 Å². The molecule has 1 aliphatic rings. The van der Waals surface area contributed by atoms with Gasteiger partial charge in [-0.1, -0.05) is 0 Å². The number of aromatic nitrogens is 2. The maximum atomic E-state index is 12.5. The van der Waals surface area contributed by atoms with Crippen LogP contribution in [0.3, 0.4) is 0 Å². The number of piperazine rings is 1. The van der Waals surface area contributed by atoms with Crippen molar-refractivity contribution in [1.82, 2.24) is 19.6 Å². The van der Waals surface area contributed by atoms with E-state index in [2.05, 4.69) is 41.9 Å². The fourth-order valence-corrected chi connectivity index (χ4v) is 4.53. The first kappa shape index (κ1) is 16.2. The lowest BCUT2D eigenvalue weighted by Gasteiger charge is -2.34. The zero-order valence-electron chi connectivity index (χ0n) is 12.1. The second-order valence-corrected chi connectivity index (χ2v) is 8.55. The Kier molecular flexibility index (Phi) is 5.01. The molecular formula is C14H16Br2N4OS. The first-order valence-electron chi connectivity index (χ1n) is 6.97. The van der Waals surface area contributed by atoms with Crippen LogP contribution in [0.4, 0.5) is 0 Å². The lowest BCUT2D eigenvalue weighted by Crippen LogP contribution is -2.48. The highest BCUT2D eigenvalue weighted by molar-refractivity contribution is 9.13. The number of nitrogens with zero attached hydrogens (tertiary/aromatic N) is 4. The minimum atomic E-state index is 0.123. The number of aryl methyl sites for hydroxylation is 1. The Morgan fingerprint density at radius 3 is 2.59 bits per heavy atom. The molecule has 2 aromatic heterocycles. The van der Waals surface area contributed by atoms with Crippen molar-refractivity contribution in [2.75, 3.05) is 26.2 Å². The van der Waals surface area contributed by atoms with Crippen molar-refractivity contribution in [2.45, 2.75) is 6.54 Å². The molecule has 0 atom stereocenters. The normalized spacial score (nSPS) is 16.2. The molecule has 118 valence electrons. The Morgan fingerprint density at radius 2 is 2.05 bits per heavy atom. The number of hydrogen-bond acceptors (Lipinski definition) is 4.